The Bertz CT molecular complexity index is 693. The van der Waals surface area contributed by atoms with Gasteiger partial charge in [-0.2, -0.15) is 0 Å². The van der Waals surface area contributed by atoms with Gasteiger partial charge in [-0.05, 0) is 34.5 Å². The summed E-state index contributed by atoms with van der Waals surface area (Å²) in [5, 5.41) is 11.3. The zero-order valence-corrected chi connectivity index (χ0v) is 12.6. The van der Waals surface area contributed by atoms with Crippen LogP contribution in [-0.4, -0.2) is 23.1 Å². The van der Waals surface area contributed by atoms with Crippen LogP contribution in [0.3, 0.4) is 0 Å². The van der Waals surface area contributed by atoms with Gasteiger partial charge in [-0.15, -0.1) is 0 Å². The van der Waals surface area contributed by atoms with E-state index in [-0.39, 0.29) is 5.69 Å². The molecular weight excluding hydrogens is 338 g/mol. The summed E-state index contributed by atoms with van der Waals surface area (Å²) in [5.41, 5.74) is 0.772. The number of fused-ring (bicyclic) bond motifs is 1. The third-order valence-electron chi connectivity index (χ3n) is 3.21. The molecule has 0 fully saturated rings. The summed E-state index contributed by atoms with van der Waals surface area (Å²) < 4.78 is 6.26. The van der Waals surface area contributed by atoms with Crippen molar-refractivity contribution in [1.29, 1.82) is 0 Å². The van der Waals surface area contributed by atoms with Crippen molar-refractivity contribution in [1.82, 2.24) is 4.98 Å². The van der Waals surface area contributed by atoms with E-state index in [1.165, 1.54) is 6.07 Å². The predicted molar refractivity (Wildman–Crippen MR) is 82.2 cm³/mol. The second-order valence-corrected chi connectivity index (χ2v) is 5.49. The van der Waals surface area contributed by atoms with Gasteiger partial charge < -0.3 is 9.64 Å². The Morgan fingerprint density at radius 2 is 2.19 bits per heavy atom. The number of nitrogens with zero attached hydrogens (tertiary/aromatic N) is 3. The number of para-hydroxylation sites is 2. The Kier molecular flexibility index (Phi) is 3.74. The smallest absolute Gasteiger partial charge is 0.313 e. The highest BCUT2D eigenvalue weighted by atomic mass is 79.9. The molecule has 21 heavy (non-hydrogen) atoms. The monoisotopic (exact) mass is 349 g/mol. The van der Waals surface area contributed by atoms with Gasteiger partial charge >= 0.3 is 5.69 Å². The maximum absolute atomic E-state index is 11.3. The first-order valence-corrected chi connectivity index (χ1v) is 7.25. The van der Waals surface area contributed by atoms with Crippen molar-refractivity contribution in [3.8, 4) is 5.75 Å². The normalized spacial score (nSPS) is 14.0. The van der Waals surface area contributed by atoms with Gasteiger partial charge in [0.05, 0.1) is 17.2 Å². The molecule has 0 aliphatic carbocycles. The van der Waals surface area contributed by atoms with Gasteiger partial charge in [-0.25, -0.2) is 4.98 Å². The minimum absolute atomic E-state index is 0.0268. The first-order chi connectivity index (χ1) is 10.2. The van der Waals surface area contributed by atoms with Gasteiger partial charge in [-0.3, -0.25) is 10.1 Å². The quantitative estimate of drug-likeness (QED) is 0.611. The molecule has 1 aromatic heterocycles. The molecule has 0 saturated carbocycles. The number of pyridine rings is 1. The SMILES string of the molecule is O=[N+]([O-])c1cc(Br)cnc1N1CCCOc2ccccc21. The molecule has 0 bridgehead atoms. The fourth-order valence-electron chi connectivity index (χ4n) is 2.31. The fraction of sp³-hybridized carbons (Fsp3) is 0.214. The van der Waals surface area contributed by atoms with E-state index in [4.69, 9.17) is 4.74 Å². The Balaban J connectivity index is 2.14. The van der Waals surface area contributed by atoms with E-state index in [0.29, 0.717) is 29.2 Å². The molecule has 0 unspecified atom stereocenters. The molecule has 6 nitrogen and oxygen atoms in total. The third-order valence-corrected chi connectivity index (χ3v) is 3.64. The highest BCUT2D eigenvalue weighted by molar-refractivity contribution is 9.10. The standard InChI is InChI=1S/C14H12BrN3O3/c15-10-8-12(18(19)20)14(16-9-10)17-6-3-7-21-13-5-2-1-4-11(13)17/h1-2,4-5,8-9H,3,6-7H2. The highest BCUT2D eigenvalue weighted by Gasteiger charge is 2.26. The van der Waals surface area contributed by atoms with Gasteiger partial charge in [0, 0.05) is 23.3 Å². The Morgan fingerprint density at radius 1 is 1.38 bits per heavy atom. The van der Waals surface area contributed by atoms with Crippen LogP contribution in [0.25, 0.3) is 0 Å². The fourth-order valence-corrected chi connectivity index (χ4v) is 2.63. The van der Waals surface area contributed by atoms with Gasteiger partial charge in [0.15, 0.2) is 0 Å². The Hall–Kier alpha value is -2.15. The van der Waals surface area contributed by atoms with E-state index in [0.717, 1.165) is 12.1 Å². The summed E-state index contributed by atoms with van der Waals surface area (Å²) in [5.74, 6) is 1.05. The van der Waals surface area contributed by atoms with E-state index in [1.807, 2.05) is 29.2 Å². The summed E-state index contributed by atoms with van der Waals surface area (Å²) >= 11 is 3.23. The van der Waals surface area contributed by atoms with Crippen LogP contribution in [0.5, 0.6) is 5.75 Å². The number of aromatic nitrogens is 1. The molecule has 0 spiro atoms. The first kappa shape index (κ1) is 13.8. The van der Waals surface area contributed by atoms with Crippen LogP contribution in [0.2, 0.25) is 0 Å². The minimum atomic E-state index is -0.415. The van der Waals surface area contributed by atoms with Crippen molar-refractivity contribution in [3.63, 3.8) is 0 Å². The largest absolute Gasteiger partial charge is 0.491 e. The van der Waals surface area contributed by atoms with E-state index < -0.39 is 4.92 Å². The van der Waals surface area contributed by atoms with Crippen molar-refractivity contribution in [2.75, 3.05) is 18.1 Å². The summed E-state index contributed by atoms with van der Waals surface area (Å²) in [4.78, 5) is 17.0. The Morgan fingerprint density at radius 3 is 3.00 bits per heavy atom. The maximum atomic E-state index is 11.3. The van der Waals surface area contributed by atoms with Crippen LogP contribution in [0, 0.1) is 10.1 Å². The number of rotatable bonds is 2. The summed E-state index contributed by atoms with van der Waals surface area (Å²) in [6, 6.07) is 8.97. The van der Waals surface area contributed by atoms with Gasteiger partial charge in [0.1, 0.15) is 5.75 Å². The average molecular weight is 350 g/mol. The van der Waals surface area contributed by atoms with Crippen molar-refractivity contribution in [3.05, 3.63) is 51.1 Å². The summed E-state index contributed by atoms with van der Waals surface area (Å²) in [6.07, 6.45) is 2.33. The molecule has 0 saturated heterocycles. The molecule has 0 amide bonds. The van der Waals surface area contributed by atoms with E-state index in [2.05, 4.69) is 20.9 Å². The van der Waals surface area contributed by atoms with Crippen molar-refractivity contribution in [2.45, 2.75) is 6.42 Å². The third kappa shape index (κ3) is 2.69. The van der Waals surface area contributed by atoms with Crippen LogP contribution in [-0.2, 0) is 0 Å². The number of halogens is 1. The maximum Gasteiger partial charge on any atom is 0.313 e. The lowest BCUT2D eigenvalue weighted by molar-refractivity contribution is -0.384. The van der Waals surface area contributed by atoms with Gasteiger partial charge in [0.2, 0.25) is 5.82 Å². The number of hydrogen-bond acceptors (Lipinski definition) is 5. The molecule has 2 heterocycles. The lowest BCUT2D eigenvalue weighted by Crippen LogP contribution is -2.20. The number of hydrogen-bond donors (Lipinski definition) is 0. The topological polar surface area (TPSA) is 68.5 Å². The highest BCUT2D eigenvalue weighted by Crippen LogP contribution is 2.39. The van der Waals surface area contributed by atoms with Crippen LogP contribution in [0.1, 0.15) is 6.42 Å². The second-order valence-electron chi connectivity index (χ2n) is 4.57. The molecule has 0 atom stereocenters. The number of nitro groups is 1. The van der Waals surface area contributed by atoms with E-state index in [1.54, 1.807) is 6.20 Å². The lowest BCUT2D eigenvalue weighted by Gasteiger charge is -2.22. The molecule has 108 valence electrons. The molecule has 2 aromatic rings. The Labute approximate surface area is 129 Å². The van der Waals surface area contributed by atoms with Crippen LogP contribution in [0.4, 0.5) is 17.2 Å². The molecule has 0 N–H and O–H groups in total. The first-order valence-electron chi connectivity index (χ1n) is 6.46. The summed E-state index contributed by atoms with van der Waals surface area (Å²) in [7, 11) is 0. The lowest BCUT2D eigenvalue weighted by atomic mass is 10.2. The van der Waals surface area contributed by atoms with Crippen molar-refractivity contribution >= 4 is 33.1 Å². The molecular formula is C14H12BrN3O3. The zero-order valence-electron chi connectivity index (χ0n) is 11.0. The number of ether oxygens (including phenoxy) is 1. The van der Waals surface area contributed by atoms with Crippen molar-refractivity contribution < 1.29 is 9.66 Å². The molecule has 1 aliphatic rings. The average Bonchev–Trinajstić information content (AvgIpc) is 2.69. The van der Waals surface area contributed by atoms with E-state index in [9.17, 15) is 10.1 Å². The van der Waals surface area contributed by atoms with Gasteiger partial charge in [-0.1, -0.05) is 12.1 Å². The second kappa shape index (κ2) is 5.69. The predicted octanol–water partition coefficient (Wildman–Crippen LogP) is 3.67. The van der Waals surface area contributed by atoms with Crippen LogP contribution < -0.4 is 9.64 Å². The zero-order chi connectivity index (χ0) is 14.8. The van der Waals surface area contributed by atoms with Gasteiger partial charge in [0.25, 0.3) is 0 Å². The number of benzene rings is 1. The van der Waals surface area contributed by atoms with Crippen molar-refractivity contribution in [2.24, 2.45) is 0 Å². The molecule has 0 radical (unpaired) electrons. The van der Waals surface area contributed by atoms with Crippen LogP contribution >= 0.6 is 15.9 Å². The van der Waals surface area contributed by atoms with E-state index >= 15 is 0 Å². The summed E-state index contributed by atoms with van der Waals surface area (Å²) in [6.45, 7) is 1.20. The molecule has 1 aromatic carbocycles. The molecule has 7 heteroatoms. The molecule has 3 rings (SSSR count). The number of anilines is 2. The minimum Gasteiger partial charge on any atom is -0.491 e. The molecule has 1 aliphatic heterocycles. The van der Waals surface area contributed by atoms with Crippen LogP contribution in [0.15, 0.2) is 41.0 Å².